The van der Waals surface area contributed by atoms with Gasteiger partial charge in [0.2, 0.25) is 5.56 Å². The van der Waals surface area contributed by atoms with E-state index in [0.29, 0.717) is 43.4 Å². The zero-order valence-electron chi connectivity index (χ0n) is 27.8. The number of likely N-dealkylation sites (N-methyl/N-ethyl adjacent to an activating group) is 1. The van der Waals surface area contributed by atoms with Crippen molar-refractivity contribution in [3.05, 3.63) is 81.5 Å². The van der Waals surface area contributed by atoms with Crippen LogP contribution in [0.1, 0.15) is 91.5 Å². The Labute approximate surface area is 278 Å². The van der Waals surface area contributed by atoms with Crippen molar-refractivity contribution in [2.24, 2.45) is 5.73 Å². The second-order valence-corrected chi connectivity index (χ2v) is 12.7. The number of hydrogen-bond acceptors (Lipinski definition) is 6. The molecule has 12 heteroatoms. The highest BCUT2D eigenvalue weighted by atomic mass is 19.4. The van der Waals surface area contributed by atoms with Gasteiger partial charge in [-0.2, -0.15) is 13.2 Å². The van der Waals surface area contributed by atoms with Gasteiger partial charge in [-0.15, -0.1) is 0 Å². The minimum absolute atomic E-state index is 0.136. The van der Waals surface area contributed by atoms with Gasteiger partial charge in [0.15, 0.2) is 5.78 Å². The Morgan fingerprint density at radius 1 is 0.938 bits per heavy atom. The topological polar surface area (TPSA) is 112 Å². The summed E-state index contributed by atoms with van der Waals surface area (Å²) in [6.07, 6.45) is 3.14. The third-order valence-corrected chi connectivity index (χ3v) is 9.13. The first kappa shape index (κ1) is 36.8. The summed E-state index contributed by atoms with van der Waals surface area (Å²) in [4.78, 5) is 44.2. The van der Waals surface area contributed by atoms with E-state index in [1.165, 1.54) is 18.2 Å². The van der Waals surface area contributed by atoms with Crippen molar-refractivity contribution in [3.63, 3.8) is 0 Å². The fraction of sp³-hybridized carbons (Fsp3) is 0.472. The lowest BCUT2D eigenvalue weighted by atomic mass is 9.98. The molecule has 3 aromatic rings. The molecule has 0 radical (unpaired) electrons. The van der Waals surface area contributed by atoms with E-state index in [0.717, 1.165) is 51.1 Å². The van der Waals surface area contributed by atoms with Crippen molar-refractivity contribution in [2.45, 2.75) is 83.5 Å². The van der Waals surface area contributed by atoms with E-state index >= 15 is 4.39 Å². The quantitative estimate of drug-likeness (QED) is 0.0947. The van der Waals surface area contributed by atoms with E-state index in [1.54, 1.807) is 18.2 Å². The highest BCUT2D eigenvalue weighted by Gasteiger charge is 2.36. The number of pyridine rings is 1. The summed E-state index contributed by atoms with van der Waals surface area (Å²) >= 11 is 0. The van der Waals surface area contributed by atoms with Gasteiger partial charge in [-0.05, 0) is 64.0 Å². The second-order valence-electron chi connectivity index (χ2n) is 12.7. The number of aromatic nitrogens is 1. The average Bonchev–Trinajstić information content (AvgIpc) is 3.04. The number of unbranched alkanes of at least 4 members (excludes halogenated alkanes) is 6. The summed E-state index contributed by atoms with van der Waals surface area (Å²) in [7, 11) is 2.01. The maximum Gasteiger partial charge on any atom is 0.417 e. The third kappa shape index (κ3) is 9.31. The van der Waals surface area contributed by atoms with Gasteiger partial charge >= 0.3 is 6.18 Å². The predicted molar refractivity (Wildman–Crippen MR) is 181 cm³/mol. The molecular weight excluding hydrogens is 626 g/mol. The maximum absolute atomic E-state index is 15.5. The van der Waals surface area contributed by atoms with E-state index in [2.05, 4.69) is 15.2 Å². The molecule has 0 saturated carbocycles. The predicted octanol–water partition coefficient (Wildman–Crippen LogP) is 7.24. The van der Waals surface area contributed by atoms with Crippen LogP contribution in [0.5, 0.6) is 0 Å². The Hall–Kier alpha value is -4.03. The molecule has 8 nitrogen and oxygen atoms in total. The normalized spacial score (nSPS) is 17.0. The first-order valence-corrected chi connectivity index (χ1v) is 16.6. The van der Waals surface area contributed by atoms with Gasteiger partial charge in [0.05, 0.1) is 22.5 Å². The van der Waals surface area contributed by atoms with E-state index in [-0.39, 0.29) is 34.7 Å². The number of alkyl halides is 3. The molecule has 4 N–H and O–H groups in total. The van der Waals surface area contributed by atoms with Crippen LogP contribution in [0.4, 0.5) is 28.9 Å². The molecule has 1 amide bonds. The molecular formula is C36H45F4N5O3. The standard InChI is InChI=1S/C36H45F4N5O3/c1-23-21-45(22-24(2)44(23)3)32-15-13-25(18-31(32)43-35(48)28-20-42-34(47)19-29(28)36(38,39)40)27-14-12-26(17-30(27)37)33(46)11-9-7-5-4-6-8-10-16-41/h12-15,17-20,23-24H,4-11,16,21-22,41H2,1-3H3,(H,42,47)(H,43,48)/t23-,24+. The largest absolute Gasteiger partial charge is 0.417 e. The van der Waals surface area contributed by atoms with E-state index in [1.807, 2.05) is 25.8 Å². The fourth-order valence-electron chi connectivity index (χ4n) is 6.14. The molecule has 2 heterocycles. The Morgan fingerprint density at radius 2 is 1.58 bits per heavy atom. The number of H-pyrrole nitrogens is 1. The molecule has 1 aromatic heterocycles. The molecule has 1 fully saturated rings. The number of carbonyl (C=O) groups excluding carboxylic acids is 2. The lowest BCUT2D eigenvalue weighted by Gasteiger charge is -2.44. The van der Waals surface area contributed by atoms with Crippen LogP contribution < -0.4 is 21.5 Å². The van der Waals surface area contributed by atoms with Crippen LogP contribution in [0.2, 0.25) is 0 Å². The van der Waals surface area contributed by atoms with E-state index in [9.17, 15) is 27.6 Å². The molecule has 260 valence electrons. The monoisotopic (exact) mass is 671 g/mol. The van der Waals surface area contributed by atoms with Gasteiger partial charge in [0, 0.05) is 55.0 Å². The van der Waals surface area contributed by atoms with E-state index < -0.39 is 34.6 Å². The van der Waals surface area contributed by atoms with Gasteiger partial charge in [-0.3, -0.25) is 19.3 Å². The number of halogens is 4. The number of piperazine rings is 1. The molecule has 0 aliphatic carbocycles. The minimum Gasteiger partial charge on any atom is -0.367 e. The molecule has 4 rings (SSSR count). The van der Waals surface area contributed by atoms with Gasteiger partial charge < -0.3 is 20.9 Å². The number of amides is 1. The first-order chi connectivity index (χ1) is 22.8. The molecule has 0 spiro atoms. The Bertz CT molecular complexity index is 1630. The molecule has 1 saturated heterocycles. The van der Waals surface area contributed by atoms with Gasteiger partial charge in [-0.25, -0.2) is 4.39 Å². The van der Waals surface area contributed by atoms with Crippen LogP contribution in [0, 0.1) is 5.82 Å². The molecule has 1 aliphatic heterocycles. The molecule has 0 bridgehead atoms. The number of nitrogens with one attached hydrogen (secondary N) is 2. The van der Waals surface area contributed by atoms with Crippen molar-refractivity contribution in [1.29, 1.82) is 0 Å². The number of benzene rings is 2. The van der Waals surface area contributed by atoms with Crippen LogP contribution in [-0.4, -0.2) is 60.3 Å². The number of nitrogens with two attached hydrogens (primary N) is 1. The van der Waals surface area contributed by atoms with Crippen molar-refractivity contribution >= 4 is 23.1 Å². The molecule has 0 unspecified atom stereocenters. The number of carbonyl (C=O) groups is 2. The summed E-state index contributed by atoms with van der Waals surface area (Å²) in [5, 5.41) is 2.61. The third-order valence-electron chi connectivity index (χ3n) is 9.13. The summed E-state index contributed by atoms with van der Waals surface area (Å²) in [6.45, 7) is 5.96. The molecule has 2 aromatic carbocycles. The average molecular weight is 672 g/mol. The molecule has 48 heavy (non-hydrogen) atoms. The number of rotatable bonds is 14. The summed E-state index contributed by atoms with van der Waals surface area (Å²) in [5.74, 6) is -1.86. The zero-order valence-corrected chi connectivity index (χ0v) is 27.8. The van der Waals surface area contributed by atoms with Gasteiger partial charge in [0.25, 0.3) is 5.91 Å². The summed E-state index contributed by atoms with van der Waals surface area (Å²) < 4.78 is 56.9. The number of hydrogen-bond donors (Lipinski definition) is 3. The van der Waals surface area contributed by atoms with E-state index in [4.69, 9.17) is 5.73 Å². The number of aromatic amines is 1. The molecule has 2 atom stereocenters. The Balaban J connectivity index is 1.59. The summed E-state index contributed by atoms with van der Waals surface area (Å²) in [6, 6.07) is 9.82. The van der Waals surface area contributed by atoms with Crippen LogP contribution in [0.25, 0.3) is 11.1 Å². The van der Waals surface area contributed by atoms with Crippen LogP contribution in [-0.2, 0) is 6.18 Å². The minimum atomic E-state index is -4.94. The van der Waals surface area contributed by atoms with Crippen molar-refractivity contribution in [2.75, 3.05) is 36.9 Å². The maximum atomic E-state index is 15.5. The fourth-order valence-corrected chi connectivity index (χ4v) is 6.14. The van der Waals surface area contributed by atoms with Crippen molar-refractivity contribution in [3.8, 4) is 11.1 Å². The first-order valence-electron chi connectivity index (χ1n) is 16.6. The smallest absolute Gasteiger partial charge is 0.367 e. The van der Waals surface area contributed by atoms with Crippen molar-refractivity contribution in [1.82, 2.24) is 9.88 Å². The highest BCUT2D eigenvalue weighted by Crippen LogP contribution is 2.36. The number of Topliss-reactive ketones (excluding diaryl/α,β-unsaturated/α-hetero) is 1. The lowest BCUT2D eigenvalue weighted by Crippen LogP contribution is -2.55. The SMILES string of the molecule is C[C@@H]1CN(c2ccc(-c3ccc(C(=O)CCCCCCCCCN)cc3F)cc2NC(=O)c2c[nH]c(=O)cc2C(F)(F)F)C[C@H](C)N1C. The number of anilines is 2. The molecule has 1 aliphatic rings. The number of nitrogens with zero attached hydrogens (tertiary/aromatic N) is 2. The highest BCUT2D eigenvalue weighted by molar-refractivity contribution is 6.07. The van der Waals surface area contributed by atoms with Crippen molar-refractivity contribution < 1.29 is 27.2 Å². The lowest BCUT2D eigenvalue weighted by molar-refractivity contribution is -0.138. The number of ketones is 1. The second kappa shape index (κ2) is 16.4. The Morgan fingerprint density at radius 3 is 2.21 bits per heavy atom. The zero-order chi connectivity index (χ0) is 35.0. The van der Waals surface area contributed by atoms with Crippen LogP contribution >= 0.6 is 0 Å². The van der Waals surface area contributed by atoms with Crippen LogP contribution in [0.3, 0.4) is 0 Å². The van der Waals surface area contributed by atoms with Gasteiger partial charge in [0.1, 0.15) is 5.82 Å². The summed E-state index contributed by atoms with van der Waals surface area (Å²) in [5.41, 5.74) is 3.96. The van der Waals surface area contributed by atoms with Gasteiger partial charge in [-0.1, -0.05) is 50.3 Å². The Kier molecular flexibility index (Phi) is 12.6. The van der Waals surface area contributed by atoms with Crippen LogP contribution in [0.15, 0.2) is 53.5 Å².